The second-order valence-corrected chi connectivity index (χ2v) is 5.39. The molecule has 3 N–H and O–H groups in total. The van der Waals surface area contributed by atoms with Gasteiger partial charge in [0.05, 0.1) is 11.9 Å². The highest BCUT2D eigenvalue weighted by atomic mass is 16.1. The molecule has 8 heteroatoms. The fourth-order valence-corrected chi connectivity index (χ4v) is 2.14. The first kappa shape index (κ1) is 19.1. The molecular weight excluding hydrogens is 332 g/mol. The lowest BCUT2D eigenvalue weighted by molar-refractivity contribution is -0.115. The molecule has 2 aromatic heterocycles. The number of aromatic nitrogens is 3. The summed E-state index contributed by atoms with van der Waals surface area (Å²) in [5.74, 6) is 0.424. The molecule has 2 heterocycles. The summed E-state index contributed by atoms with van der Waals surface area (Å²) in [6, 6.07) is 11.1. The lowest BCUT2D eigenvalue weighted by atomic mass is 10.1. The average Bonchev–Trinajstić information content (AvgIpc) is 3.05. The van der Waals surface area contributed by atoms with Crippen molar-refractivity contribution in [1.82, 2.24) is 19.9 Å². The summed E-state index contributed by atoms with van der Waals surface area (Å²) >= 11 is 0. The monoisotopic (exact) mass is 354 g/mol. The lowest BCUT2D eigenvalue weighted by Crippen LogP contribution is -2.09. The number of rotatable bonds is 5. The molecule has 3 rings (SSSR count). The highest BCUT2D eigenvalue weighted by molar-refractivity contribution is 5.90. The smallest absolute Gasteiger partial charge is 0.224 e. The maximum absolute atomic E-state index is 11.4. The molecule has 8 nitrogen and oxygen atoms in total. The van der Waals surface area contributed by atoms with Crippen LogP contribution in [0.4, 0.5) is 11.5 Å². The zero-order chi connectivity index (χ0) is 18.9. The molecular formula is C18H22N6O2. The van der Waals surface area contributed by atoms with Crippen molar-refractivity contribution in [1.29, 1.82) is 0 Å². The average molecular weight is 354 g/mol. The summed E-state index contributed by atoms with van der Waals surface area (Å²) in [4.78, 5) is 26.0. The van der Waals surface area contributed by atoms with Crippen molar-refractivity contribution in [2.45, 2.75) is 13.3 Å². The maximum Gasteiger partial charge on any atom is 0.224 e. The topological polar surface area (TPSA) is 100 Å². The van der Waals surface area contributed by atoms with Gasteiger partial charge >= 0.3 is 0 Å². The van der Waals surface area contributed by atoms with Gasteiger partial charge in [-0.15, -0.1) is 0 Å². The lowest BCUT2D eigenvalue weighted by Gasteiger charge is -2.05. The molecule has 0 unspecified atom stereocenters. The van der Waals surface area contributed by atoms with Gasteiger partial charge in [-0.25, -0.2) is 9.50 Å². The van der Waals surface area contributed by atoms with E-state index in [4.69, 9.17) is 0 Å². The number of hydrogen-bond donors (Lipinski definition) is 3. The number of amides is 2. The van der Waals surface area contributed by atoms with Crippen molar-refractivity contribution < 1.29 is 9.59 Å². The molecule has 0 radical (unpaired) electrons. The minimum absolute atomic E-state index is 0.0223. The van der Waals surface area contributed by atoms with Gasteiger partial charge in [0.1, 0.15) is 0 Å². The fourth-order valence-electron chi connectivity index (χ4n) is 2.14. The Morgan fingerprint density at radius 2 is 1.85 bits per heavy atom. The zero-order valence-electron chi connectivity index (χ0n) is 15.0. The predicted octanol–water partition coefficient (Wildman–Crippen LogP) is 2.15. The number of fused-ring (bicyclic) bond motifs is 1. The van der Waals surface area contributed by atoms with Gasteiger partial charge in [-0.2, -0.15) is 5.10 Å². The van der Waals surface area contributed by atoms with Gasteiger partial charge in [-0.05, 0) is 38.4 Å². The molecule has 0 aliphatic carbocycles. The predicted molar refractivity (Wildman–Crippen MR) is 102 cm³/mol. The third-order valence-electron chi connectivity index (χ3n) is 3.31. The van der Waals surface area contributed by atoms with E-state index in [2.05, 4.69) is 26.0 Å². The number of carbonyl (C=O) groups excluding carboxylic acids is 2. The van der Waals surface area contributed by atoms with Crippen LogP contribution in [0.3, 0.4) is 0 Å². The van der Waals surface area contributed by atoms with Crippen LogP contribution in [0.5, 0.6) is 0 Å². The molecule has 136 valence electrons. The van der Waals surface area contributed by atoms with Gasteiger partial charge in [-0.3, -0.25) is 9.59 Å². The Hall–Kier alpha value is -3.26. The van der Waals surface area contributed by atoms with Crippen molar-refractivity contribution in [3.05, 3.63) is 42.6 Å². The Kier molecular flexibility index (Phi) is 6.81. The van der Waals surface area contributed by atoms with Crippen LogP contribution in [-0.4, -0.2) is 41.0 Å². The van der Waals surface area contributed by atoms with Crippen molar-refractivity contribution in [3.8, 4) is 11.3 Å². The Morgan fingerprint density at radius 1 is 1.15 bits per heavy atom. The van der Waals surface area contributed by atoms with Gasteiger partial charge in [0.2, 0.25) is 12.3 Å². The Labute approximate surface area is 151 Å². The summed E-state index contributed by atoms with van der Waals surface area (Å²) in [5.41, 5.74) is 3.08. The van der Waals surface area contributed by atoms with Gasteiger partial charge in [0.25, 0.3) is 0 Å². The fraction of sp³-hybridized carbons (Fsp3) is 0.222. The van der Waals surface area contributed by atoms with Crippen LogP contribution < -0.4 is 16.0 Å². The van der Waals surface area contributed by atoms with E-state index in [1.54, 1.807) is 10.7 Å². The Bertz CT molecular complexity index is 873. The maximum atomic E-state index is 11.4. The van der Waals surface area contributed by atoms with Crippen molar-refractivity contribution >= 4 is 29.5 Å². The summed E-state index contributed by atoms with van der Waals surface area (Å²) in [7, 11) is 3.75. The highest BCUT2D eigenvalue weighted by Crippen LogP contribution is 2.20. The Balaban J connectivity index is 0.000000758. The van der Waals surface area contributed by atoms with Gasteiger partial charge in [0, 0.05) is 17.7 Å². The summed E-state index contributed by atoms with van der Waals surface area (Å²) in [6.07, 6.45) is 2.66. The van der Waals surface area contributed by atoms with Crippen LogP contribution in [0.15, 0.2) is 42.6 Å². The molecule has 3 aromatic rings. The number of nitrogens with zero attached hydrogens (tertiary/aromatic N) is 3. The SMILES string of the molecule is CCC(=O)Nc1ccc(-c2ccc3nc(NC=O)cn3n2)cc1.CNC. The molecule has 0 bridgehead atoms. The normalized spacial score (nSPS) is 9.96. The van der Waals surface area contributed by atoms with E-state index in [1.165, 1.54) is 0 Å². The van der Waals surface area contributed by atoms with Crippen LogP contribution >= 0.6 is 0 Å². The first-order chi connectivity index (χ1) is 12.6. The number of hydrogen-bond acceptors (Lipinski definition) is 5. The number of anilines is 2. The molecule has 0 aliphatic rings. The number of imidazole rings is 1. The summed E-state index contributed by atoms with van der Waals surface area (Å²) in [6.45, 7) is 1.81. The quantitative estimate of drug-likeness (QED) is 0.610. The van der Waals surface area contributed by atoms with E-state index in [-0.39, 0.29) is 5.91 Å². The first-order valence-electron chi connectivity index (χ1n) is 8.16. The van der Waals surface area contributed by atoms with E-state index < -0.39 is 0 Å². The molecule has 1 aromatic carbocycles. The van der Waals surface area contributed by atoms with Crippen LogP contribution in [0, 0.1) is 0 Å². The highest BCUT2D eigenvalue weighted by Gasteiger charge is 2.06. The number of nitrogens with one attached hydrogen (secondary N) is 3. The molecule has 0 saturated carbocycles. The number of benzene rings is 1. The number of carbonyl (C=O) groups is 2. The van der Waals surface area contributed by atoms with E-state index in [1.807, 2.05) is 57.4 Å². The molecule has 0 saturated heterocycles. The van der Waals surface area contributed by atoms with Crippen LogP contribution in [0.2, 0.25) is 0 Å². The minimum atomic E-state index is -0.0223. The zero-order valence-corrected chi connectivity index (χ0v) is 15.0. The van der Waals surface area contributed by atoms with E-state index in [9.17, 15) is 9.59 Å². The van der Waals surface area contributed by atoms with E-state index >= 15 is 0 Å². The molecule has 0 fully saturated rings. The standard InChI is InChI=1S/C16H15N5O2.C2H7N/c1-2-16(23)18-12-5-3-11(4-6-12)13-7-8-15-19-14(17-10-22)9-21(15)20-13;1-3-2/h3-10H,2H2,1H3,(H,17,22)(H,18,23);3H,1-2H3. The molecule has 2 amide bonds. The second-order valence-electron chi connectivity index (χ2n) is 5.39. The molecule has 0 atom stereocenters. The van der Waals surface area contributed by atoms with E-state index in [0.29, 0.717) is 24.3 Å². The van der Waals surface area contributed by atoms with Crippen LogP contribution in [0.25, 0.3) is 16.9 Å². The molecule has 0 spiro atoms. The largest absolute Gasteiger partial charge is 0.326 e. The van der Waals surface area contributed by atoms with E-state index in [0.717, 1.165) is 16.9 Å². The summed E-state index contributed by atoms with van der Waals surface area (Å²) in [5, 5.41) is 12.5. The van der Waals surface area contributed by atoms with Crippen LogP contribution in [-0.2, 0) is 9.59 Å². The van der Waals surface area contributed by atoms with Gasteiger partial charge in [0.15, 0.2) is 11.5 Å². The Morgan fingerprint density at radius 3 is 2.46 bits per heavy atom. The van der Waals surface area contributed by atoms with Crippen LogP contribution in [0.1, 0.15) is 13.3 Å². The third-order valence-corrected chi connectivity index (χ3v) is 3.31. The molecule has 26 heavy (non-hydrogen) atoms. The van der Waals surface area contributed by atoms with Crippen molar-refractivity contribution in [2.24, 2.45) is 0 Å². The van der Waals surface area contributed by atoms with Crippen molar-refractivity contribution in [3.63, 3.8) is 0 Å². The third kappa shape index (κ3) is 4.87. The first-order valence-corrected chi connectivity index (χ1v) is 8.16. The molecule has 0 aliphatic heterocycles. The van der Waals surface area contributed by atoms with Gasteiger partial charge < -0.3 is 16.0 Å². The van der Waals surface area contributed by atoms with Gasteiger partial charge in [-0.1, -0.05) is 19.1 Å². The second kappa shape index (κ2) is 9.28. The minimum Gasteiger partial charge on any atom is -0.326 e. The summed E-state index contributed by atoms with van der Waals surface area (Å²) < 4.78 is 1.61. The van der Waals surface area contributed by atoms with Crippen molar-refractivity contribution in [2.75, 3.05) is 24.7 Å².